The standard InChI is InChI=1S/C28H27N3O4/c1-17-7-6-8-22-27(17)21(16-29-22)18(2)30-23-9-4-5-10-24(23)31(28(30)34)25(15-26(32)33)19-11-13-20(35-3)14-12-19/h4-14,16,18,25,29H,15H2,1-3H3,(H,32,33)/t18?,25-/m1/s1. The number of carboxylic acid groups (broad SMARTS) is 1. The predicted molar refractivity (Wildman–Crippen MR) is 136 cm³/mol. The highest BCUT2D eigenvalue weighted by molar-refractivity contribution is 5.87. The first-order chi connectivity index (χ1) is 16.9. The number of aliphatic carboxylic acids is 1. The van der Waals surface area contributed by atoms with E-state index in [0.717, 1.165) is 33.1 Å². The molecule has 7 nitrogen and oxygen atoms in total. The second kappa shape index (κ2) is 8.83. The molecule has 5 rings (SSSR count). The Balaban J connectivity index is 1.73. The van der Waals surface area contributed by atoms with Gasteiger partial charge < -0.3 is 14.8 Å². The molecule has 7 heteroatoms. The number of ether oxygens (including phenoxy) is 1. The van der Waals surface area contributed by atoms with Gasteiger partial charge in [0.05, 0.1) is 36.6 Å². The number of H-pyrrole nitrogens is 1. The molecule has 0 aliphatic rings. The Labute approximate surface area is 202 Å². The summed E-state index contributed by atoms with van der Waals surface area (Å²) >= 11 is 0. The third-order valence-corrected chi connectivity index (χ3v) is 6.78. The second-order valence-electron chi connectivity index (χ2n) is 8.82. The highest BCUT2D eigenvalue weighted by Gasteiger charge is 2.27. The van der Waals surface area contributed by atoms with Gasteiger partial charge in [-0.3, -0.25) is 13.9 Å². The van der Waals surface area contributed by atoms with Crippen molar-refractivity contribution in [1.29, 1.82) is 0 Å². The van der Waals surface area contributed by atoms with E-state index in [1.54, 1.807) is 28.4 Å². The van der Waals surface area contributed by atoms with Gasteiger partial charge in [0.15, 0.2) is 0 Å². The molecule has 2 N–H and O–H groups in total. The first kappa shape index (κ1) is 22.5. The summed E-state index contributed by atoms with van der Waals surface area (Å²) < 4.78 is 8.64. The van der Waals surface area contributed by atoms with Gasteiger partial charge in [0.1, 0.15) is 5.75 Å². The number of carboxylic acids is 1. The maximum absolute atomic E-state index is 14.1. The number of para-hydroxylation sites is 2. The van der Waals surface area contributed by atoms with E-state index >= 15 is 0 Å². The molecule has 0 radical (unpaired) electrons. The Hall–Kier alpha value is -4.26. The largest absolute Gasteiger partial charge is 0.497 e. The molecule has 2 aromatic heterocycles. The summed E-state index contributed by atoms with van der Waals surface area (Å²) in [5.74, 6) is -0.309. The van der Waals surface area contributed by atoms with E-state index < -0.39 is 12.0 Å². The van der Waals surface area contributed by atoms with E-state index in [2.05, 4.69) is 18.0 Å². The molecule has 2 heterocycles. The van der Waals surface area contributed by atoms with E-state index in [4.69, 9.17) is 4.74 Å². The minimum atomic E-state index is -0.977. The number of nitrogens with zero attached hydrogens (tertiary/aromatic N) is 2. The number of imidazole rings is 1. The Kier molecular flexibility index (Phi) is 5.68. The molecule has 5 aromatic rings. The van der Waals surface area contributed by atoms with Crippen LogP contribution in [0, 0.1) is 6.92 Å². The van der Waals surface area contributed by atoms with Crippen molar-refractivity contribution in [3.05, 3.63) is 100 Å². The minimum Gasteiger partial charge on any atom is -0.497 e. The average Bonchev–Trinajstić information content (AvgIpc) is 3.42. The number of benzene rings is 3. The molecule has 0 aliphatic carbocycles. The number of fused-ring (bicyclic) bond motifs is 2. The van der Waals surface area contributed by atoms with Crippen molar-refractivity contribution in [2.75, 3.05) is 7.11 Å². The summed E-state index contributed by atoms with van der Waals surface area (Å²) in [6.45, 7) is 4.07. The van der Waals surface area contributed by atoms with Gasteiger partial charge in [0.25, 0.3) is 0 Å². The number of aromatic nitrogens is 3. The topological polar surface area (TPSA) is 89.2 Å². The lowest BCUT2D eigenvalue weighted by atomic mass is 10.0. The quantitative estimate of drug-likeness (QED) is 0.340. The van der Waals surface area contributed by atoms with Crippen molar-refractivity contribution in [2.45, 2.75) is 32.4 Å². The van der Waals surface area contributed by atoms with Crippen LogP contribution in [0.3, 0.4) is 0 Å². The summed E-state index contributed by atoms with van der Waals surface area (Å²) in [5, 5.41) is 10.8. The molecule has 178 valence electrons. The maximum atomic E-state index is 14.1. The Bertz CT molecular complexity index is 1590. The lowest BCUT2D eigenvalue weighted by molar-refractivity contribution is -0.137. The number of aryl methyl sites for hydroxylation is 1. The first-order valence-electron chi connectivity index (χ1n) is 11.5. The van der Waals surface area contributed by atoms with Gasteiger partial charge in [-0.25, -0.2) is 4.79 Å². The van der Waals surface area contributed by atoms with Gasteiger partial charge in [0, 0.05) is 22.7 Å². The van der Waals surface area contributed by atoms with Crippen LogP contribution in [-0.4, -0.2) is 32.3 Å². The number of nitrogens with one attached hydrogen (secondary N) is 1. The number of methoxy groups -OCH3 is 1. The zero-order valence-corrected chi connectivity index (χ0v) is 19.9. The predicted octanol–water partition coefficient (Wildman–Crippen LogP) is 5.27. The molecule has 0 spiro atoms. The van der Waals surface area contributed by atoms with Crippen LogP contribution in [0.25, 0.3) is 21.9 Å². The minimum absolute atomic E-state index is 0.221. The number of hydrogen-bond donors (Lipinski definition) is 2. The lowest BCUT2D eigenvalue weighted by Gasteiger charge is -2.18. The molecule has 3 aromatic carbocycles. The normalized spacial score (nSPS) is 13.2. The van der Waals surface area contributed by atoms with Crippen LogP contribution >= 0.6 is 0 Å². The molecular weight excluding hydrogens is 442 g/mol. The molecular formula is C28H27N3O4. The summed E-state index contributed by atoms with van der Waals surface area (Å²) in [5.41, 5.74) is 5.11. The van der Waals surface area contributed by atoms with Crippen LogP contribution < -0.4 is 10.4 Å². The maximum Gasteiger partial charge on any atom is 0.330 e. The van der Waals surface area contributed by atoms with Gasteiger partial charge in [-0.05, 0) is 55.3 Å². The SMILES string of the molecule is COc1ccc([C@@H](CC(=O)O)n2c(=O)n(C(C)c3c[nH]c4cccc(C)c34)c3ccccc32)cc1. The molecule has 0 saturated carbocycles. The fourth-order valence-electron chi connectivity index (χ4n) is 5.09. The lowest BCUT2D eigenvalue weighted by Crippen LogP contribution is -2.31. The van der Waals surface area contributed by atoms with E-state index in [1.165, 1.54) is 0 Å². The molecule has 0 fully saturated rings. The van der Waals surface area contributed by atoms with Gasteiger partial charge in [-0.2, -0.15) is 0 Å². The molecule has 2 atom stereocenters. The van der Waals surface area contributed by atoms with Crippen molar-refractivity contribution in [3.8, 4) is 5.75 Å². The Morgan fingerprint density at radius 1 is 1.00 bits per heavy atom. The third kappa shape index (κ3) is 3.79. The monoisotopic (exact) mass is 469 g/mol. The van der Waals surface area contributed by atoms with Crippen molar-refractivity contribution < 1.29 is 14.6 Å². The fraction of sp³-hybridized carbons (Fsp3) is 0.214. The zero-order chi connectivity index (χ0) is 24.7. The molecule has 35 heavy (non-hydrogen) atoms. The third-order valence-electron chi connectivity index (χ3n) is 6.78. The van der Waals surface area contributed by atoms with Crippen LogP contribution in [0.2, 0.25) is 0 Å². The Morgan fingerprint density at radius 3 is 2.34 bits per heavy atom. The van der Waals surface area contributed by atoms with Crippen LogP contribution in [-0.2, 0) is 4.79 Å². The molecule has 1 unspecified atom stereocenters. The van der Waals surface area contributed by atoms with Gasteiger partial charge in [-0.1, -0.05) is 36.4 Å². The van der Waals surface area contributed by atoms with E-state index in [1.807, 2.05) is 61.7 Å². The van der Waals surface area contributed by atoms with E-state index in [-0.39, 0.29) is 18.2 Å². The fourth-order valence-corrected chi connectivity index (χ4v) is 5.09. The molecule has 0 bridgehead atoms. The number of hydrogen-bond acceptors (Lipinski definition) is 3. The van der Waals surface area contributed by atoms with Crippen molar-refractivity contribution >= 4 is 27.9 Å². The van der Waals surface area contributed by atoms with Crippen LogP contribution in [0.4, 0.5) is 0 Å². The summed E-state index contributed by atoms with van der Waals surface area (Å²) in [4.78, 5) is 29.3. The first-order valence-corrected chi connectivity index (χ1v) is 11.5. The number of carbonyl (C=O) groups is 1. The molecule has 0 amide bonds. The Morgan fingerprint density at radius 2 is 1.69 bits per heavy atom. The van der Waals surface area contributed by atoms with E-state index in [9.17, 15) is 14.7 Å². The van der Waals surface area contributed by atoms with E-state index in [0.29, 0.717) is 11.3 Å². The van der Waals surface area contributed by atoms with Crippen LogP contribution in [0.15, 0.2) is 77.7 Å². The number of aromatic amines is 1. The molecule has 0 saturated heterocycles. The molecule has 0 aliphatic heterocycles. The smallest absolute Gasteiger partial charge is 0.330 e. The zero-order valence-electron chi connectivity index (χ0n) is 19.9. The van der Waals surface area contributed by atoms with Gasteiger partial charge >= 0.3 is 11.7 Å². The highest BCUT2D eigenvalue weighted by Crippen LogP contribution is 2.33. The van der Waals surface area contributed by atoms with Gasteiger partial charge in [0.2, 0.25) is 0 Å². The van der Waals surface area contributed by atoms with Crippen LogP contribution in [0.5, 0.6) is 5.75 Å². The van der Waals surface area contributed by atoms with Crippen molar-refractivity contribution in [3.63, 3.8) is 0 Å². The van der Waals surface area contributed by atoms with Gasteiger partial charge in [-0.15, -0.1) is 0 Å². The summed E-state index contributed by atoms with van der Waals surface area (Å²) in [6, 6.07) is 19.9. The summed E-state index contributed by atoms with van der Waals surface area (Å²) in [6.07, 6.45) is 1.74. The summed E-state index contributed by atoms with van der Waals surface area (Å²) in [7, 11) is 1.58. The highest BCUT2D eigenvalue weighted by atomic mass is 16.5. The number of rotatable bonds is 7. The van der Waals surface area contributed by atoms with Crippen molar-refractivity contribution in [1.82, 2.24) is 14.1 Å². The van der Waals surface area contributed by atoms with Crippen LogP contribution in [0.1, 0.15) is 42.1 Å². The average molecular weight is 470 g/mol. The second-order valence-corrected chi connectivity index (χ2v) is 8.82. The van der Waals surface area contributed by atoms with Crippen molar-refractivity contribution in [2.24, 2.45) is 0 Å².